The van der Waals surface area contributed by atoms with Crippen molar-refractivity contribution in [3.63, 3.8) is 0 Å². The lowest BCUT2D eigenvalue weighted by atomic mass is 10.0. The minimum absolute atomic E-state index is 0.127. The van der Waals surface area contributed by atoms with Crippen molar-refractivity contribution >= 4 is 11.9 Å². The number of ether oxygens (including phenoxy) is 1. The van der Waals surface area contributed by atoms with Crippen molar-refractivity contribution in [2.75, 3.05) is 26.2 Å². The van der Waals surface area contributed by atoms with E-state index in [-0.39, 0.29) is 6.10 Å². The Morgan fingerprint density at radius 3 is 2.09 bits per heavy atom. The molecule has 1 aliphatic heterocycles. The summed E-state index contributed by atoms with van der Waals surface area (Å²) in [4.78, 5) is 21.7. The molecule has 0 unspecified atom stereocenters. The van der Waals surface area contributed by atoms with Crippen LogP contribution in [0.3, 0.4) is 0 Å². The van der Waals surface area contributed by atoms with Crippen molar-refractivity contribution in [1.29, 1.82) is 0 Å². The molecule has 1 aliphatic rings. The molecule has 0 aliphatic carbocycles. The topological polar surface area (TPSA) is 140 Å². The Morgan fingerprint density at radius 1 is 1.09 bits per heavy atom. The van der Waals surface area contributed by atoms with Crippen LogP contribution in [-0.2, 0) is 27.0 Å². The monoisotopic (exact) mass is 494 g/mol. The van der Waals surface area contributed by atoms with Gasteiger partial charge in [-0.15, -0.1) is 0 Å². The lowest BCUT2D eigenvalue weighted by Crippen LogP contribution is -2.44. The number of alkyl halides is 3. The van der Waals surface area contributed by atoms with Gasteiger partial charge in [0.1, 0.15) is 0 Å². The Hall–Kier alpha value is -2.25. The highest BCUT2D eigenvalue weighted by Gasteiger charge is 2.34. The smallest absolute Gasteiger partial charge is 0.416 e. The summed E-state index contributed by atoms with van der Waals surface area (Å²) in [6, 6.07) is 6.17. The second kappa shape index (κ2) is 14.2. The van der Waals surface area contributed by atoms with E-state index in [2.05, 4.69) is 10.2 Å². The van der Waals surface area contributed by atoms with E-state index >= 15 is 0 Å². The molecule has 0 amide bonds. The first-order chi connectivity index (χ1) is 15.8. The molecule has 9 nitrogen and oxygen atoms in total. The SMILES string of the molecule is CC(C)OCCN(Cc1ccccc1C(F)(F)F)C1CCNCC1.O=C(O)[C@H](O)[C@@H](O)C(=O)O. The molecule has 1 aromatic rings. The number of carbonyl (C=O) groups is 2. The number of aliphatic carboxylic acids is 2. The van der Waals surface area contributed by atoms with Gasteiger partial charge in [-0.3, -0.25) is 4.90 Å². The number of aliphatic hydroxyl groups is 2. The van der Waals surface area contributed by atoms with E-state index in [0.717, 1.165) is 25.9 Å². The van der Waals surface area contributed by atoms with Gasteiger partial charge in [-0.2, -0.15) is 13.2 Å². The minimum Gasteiger partial charge on any atom is -0.479 e. The van der Waals surface area contributed by atoms with Crippen LogP contribution in [0, 0.1) is 0 Å². The highest BCUT2D eigenvalue weighted by Crippen LogP contribution is 2.32. The third-order valence-electron chi connectivity index (χ3n) is 5.16. The molecule has 2 rings (SSSR count). The highest BCUT2D eigenvalue weighted by atomic mass is 19.4. The third kappa shape index (κ3) is 10.3. The maximum Gasteiger partial charge on any atom is 0.416 e. The molecule has 1 fully saturated rings. The van der Waals surface area contributed by atoms with Crippen molar-refractivity contribution in [1.82, 2.24) is 10.2 Å². The summed E-state index contributed by atoms with van der Waals surface area (Å²) < 4.78 is 45.4. The summed E-state index contributed by atoms with van der Waals surface area (Å²) in [6.07, 6.45) is -6.81. The molecule has 1 heterocycles. The largest absolute Gasteiger partial charge is 0.479 e. The van der Waals surface area contributed by atoms with E-state index in [1.165, 1.54) is 12.1 Å². The number of rotatable bonds is 10. The molecule has 0 radical (unpaired) electrons. The van der Waals surface area contributed by atoms with Gasteiger partial charge >= 0.3 is 18.1 Å². The predicted molar refractivity (Wildman–Crippen MR) is 116 cm³/mol. The summed E-state index contributed by atoms with van der Waals surface area (Å²) in [7, 11) is 0. The van der Waals surface area contributed by atoms with Crippen LogP contribution in [0.1, 0.15) is 37.8 Å². The number of hydrogen-bond acceptors (Lipinski definition) is 7. The van der Waals surface area contributed by atoms with Crippen LogP contribution in [-0.4, -0.2) is 87.9 Å². The summed E-state index contributed by atoms with van der Waals surface area (Å²) in [5, 5.41) is 35.8. The van der Waals surface area contributed by atoms with Crippen molar-refractivity contribution in [3.8, 4) is 0 Å². The minimum atomic E-state index is -4.31. The molecule has 5 N–H and O–H groups in total. The molecule has 1 saturated heterocycles. The average Bonchev–Trinajstić information content (AvgIpc) is 2.77. The van der Waals surface area contributed by atoms with Gasteiger partial charge in [0.15, 0.2) is 12.2 Å². The lowest BCUT2D eigenvalue weighted by Gasteiger charge is -2.35. The van der Waals surface area contributed by atoms with Gasteiger partial charge in [-0.05, 0) is 51.4 Å². The van der Waals surface area contributed by atoms with Crippen LogP contribution < -0.4 is 5.32 Å². The zero-order chi connectivity index (χ0) is 25.9. The molecule has 0 saturated carbocycles. The van der Waals surface area contributed by atoms with Gasteiger partial charge in [0.25, 0.3) is 0 Å². The number of halogens is 3. The van der Waals surface area contributed by atoms with Crippen LogP contribution in [0.5, 0.6) is 0 Å². The third-order valence-corrected chi connectivity index (χ3v) is 5.16. The zero-order valence-corrected chi connectivity index (χ0v) is 19.2. The Labute approximate surface area is 196 Å². The number of carboxylic acids is 2. The first kappa shape index (κ1) is 29.8. The maximum atomic E-state index is 13.2. The van der Waals surface area contributed by atoms with Crippen LogP contribution in [0.2, 0.25) is 0 Å². The molecule has 1 aromatic carbocycles. The van der Waals surface area contributed by atoms with Gasteiger partial charge in [0.05, 0.1) is 18.3 Å². The number of aliphatic hydroxyl groups excluding tert-OH is 2. The van der Waals surface area contributed by atoms with Crippen molar-refractivity contribution in [3.05, 3.63) is 35.4 Å². The van der Waals surface area contributed by atoms with E-state index < -0.39 is 35.9 Å². The van der Waals surface area contributed by atoms with Gasteiger partial charge in [0, 0.05) is 19.1 Å². The zero-order valence-electron chi connectivity index (χ0n) is 19.2. The lowest BCUT2D eigenvalue weighted by molar-refractivity contribution is -0.165. The van der Waals surface area contributed by atoms with E-state index in [1.807, 2.05) is 13.8 Å². The van der Waals surface area contributed by atoms with Gasteiger partial charge < -0.3 is 30.5 Å². The van der Waals surface area contributed by atoms with Crippen LogP contribution in [0.4, 0.5) is 13.2 Å². The van der Waals surface area contributed by atoms with Crippen LogP contribution in [0.15, 0.2) is 24.3 Å². The van der Waals surface area contributed by atoms with Crippen LogP contribution >= 0.6 is 0 Å². The standard InChI is InChI=1S/C18H27F3N2O.C4H6O6/c1-14(2)24-12-11-23(16-7-9-22-10-8-16)13-15-5-3-4-6-17(15)18(19,20)21;5-1(3(7)8)2(6)4(9)10/h3-6,14,16,22H,7-13H2,1-2H3;1-2,5-6H,(H,7,8)(H,9,10)/t;1-,2-/m.1/s1. The van der Waals surface area contributed by atoms with E-state index in [4.69, 9.17) is 25.2 Å². The molecule has 194 valence electrons. The summed E-state index contributed by atoms with van der Waals surface area (Å²) >= 11 is 0. The van der Waals surface area contributed by atoms with Gasteiger partial charge in [-0.1, -0.05) is 18.2 Å². The number of piperidine rings is 1. The predicted octanol–water partition coefficient (Wildman–Crippen LogP) is 1.56. The number of carboxylic acid groups (broad SMARTS) is 2. The Bertz CT molecular complexity index is 753. The normalized spacial score (nSPS) is 16.6. The average molecular weight is 495 g/mol. The first-order valence-electron chi connectivity index (χ1n) is 10.9. The van der Waals surface area contributed by atoms with E-state index in [9.17, 15) is 22.8 Å². The Balaban J connectivity index is 0.000000489. The molecule has 0 aromatic heterocycles. The van der Waals surface area contributed by atoms with Crippen molar-refractivity contribution < 1.29 is 47.9 Å². The van der Waals surface area contributed by atoms with Crippen molar-refractivity contribution in [2.24, 2.45) is 0 Å². The first-order valence-corrected chi connectivity index (χ1v) is 10.9. The number of benzene rings is 1. The quantitative estimate of drug-likeness (QED) is 0.328. The second-order valence-corrected chi connectivity index (χ2v) is 8.09. The second-order valence-electron chi connectivity index (χ2n) is 8.09. The van der Waals surface area contributed by atoms with E-state index in [0.29, 0.717) is 31.3 Å². The van der Waals surface area contributed by atoms with Crippen LogP contribution in [0.25, 0.3) is 0 Å². The molecule has 0 bridgehead atoms. The summed E-state index contributed by atoms with van der Waals surface area (Å²) in [5.41, 5.74) is -0.193. The highest BCUT2D eigenvalue weighted by molar-refractivity contribution is 5.83. The summed E-state index contributed by atoms with van der Waals surface area (Å²) in [5.74, 6) is -3.54. The molecular formula is C22H33F3N2O7. The molecule has 34 heavy (non-hydrogen) atoms. The van der Waals surface area contributed by atoms with Gasteiger partial charge in [-0.25, -0.2) is 9.59 Å². The van der Waals surface area contributed by atoms with Crippen molar-refractivity contribution in [2.45, 2.75) is 63.8 Å². The molecule has 12 heteroatoms. The molecule has 2 atom stereocenters. The van der Waals surface area contributed by atoms with Gasteiger partial charge in [0.2, 0.25) is 0 Å². The maximum absolute atomic E-state index is 13.2. The molecular weight excluding hydrogens is 461 g/mol. The fourth-order valence-corrected chi connectivity index (χ4v) is 3.39. The number of hydrogen-bond donors (Lipinski definition) is 5. The fraction of sp³-hybridized carbons (Fsp3) is 0.636. The number of nitrogens with zero attached hydrogens (tertiary/aromatic N) is 1. The fourth-order valence-electron chi connectivity index (χ4n) is 3.39. The van der Waals surface area contributed by atoms with E-state index in [1.54, 1.807) is 12.1 Å². The Kier molecular flexibility index (Phi) is 12.5. The summed E-state index contributed by atoms with van der Waals surface area (Å²) in [6.45, 7) is 7.24. The Morgan fingerprint density at radius 2 is 1.62 bits per heavy atom. The number of nitrogens with one attached hydrogen (secondary N) is 1. The molecule has 0 spiro atoms.